The normalized spacial score (nSPS) is 11.6. The van der Waals surface area contributed by atoms with Crippen LogP contribution in [0, 0.1) is 19.3 Å². The lowest BCUT2D eigenvalue weighted by molar-refractivity contribution is 0.265. The van der Waals surface area contributed by atoms with Gasteiger partial charge in [-0.2, -0.15) is 0 Å². The van der Waals surface area contributed by atoms with Crippen LogP contribution in [0.3, 0.4) is 0 Å². The number of terminal acetylenes is 1. The van der Waals surface area contributed by atoms with Crippen LogP contribution in [0.4, 0.5) is 5.82 Å². The highest BCUT2D eigenvalue weighted by Crippen LogP contribution is 2.21. The highest BCUT2D eigenvalue weighted by molar-refractivity contribution is 5.47. The van der Waals surface area contributed by atoms with Crippen molar-refractivity contribution in [1.82, 2.24) is 9.97 Å². The summed E-state index contributed by atoms with van der Waals surface area (Å²) in [5.74, 6) is 3.84. The maximum atomic E-state index is 5.49. The van der Waals surface area contributed by atoms with E-state index in [1.54, 1.807) is 6.92 Å². The third-order valence-corrected chi connectivity index (χ3v) is 2.10. The van der Waals surface area contributed by atoms with Crippen LogP contribution in [0.25, 0.3) is 0 Å². The molecule has 86 valence electrons. The SMILES string of the molecule is C#CC(C)Oc1ncnc(NCCC)c1C. The van der Waals surface area contributed by atoms with Gasteiger partial charge >= 0.3 is 0 Å². The average Bonchev–Trinajstić information content (AvgIpc) is 2.30. The molecule has 0 fully saturated rings. The van der Waals surface area contributed by atoms with Gasteiger partial charge in [0, 0.05) is 6.54 Å². The first kappa shape index (κ1) is 12.3. The Labute approximate surface area is 96.5 Å². The number of hydrogen-bond donors (Lipinski definition) is 1. The largest absolute Gasteiger partial charge is 0.461 e. The zero-order valence-corrected chi connectivity index (χ0v) is 9.95. The lowest BCUT2D eigenvalue weighted by atomic mass is 10.3. The number of aromatic nitrogens is 2. The molecule has 1 atom stereocenters. The second-order valence-corrected chi connectivity index (χ2v) is 3.51. The maximum absolute atomic E-state index is 5.49. The molecular weight excluding hydrogens is 202 g/mol. The van der Waals surface area contributed by atoms with E-state index in [9.17, 15) is 0 Å². The van der Waals surface area contributed by atoms with E-state index in [4.69, 9.17) is 11.2 Å². The standard InChI is InChI=1S/C12H17N3O/c1-5-7-13-11-10(4)12(15-8-14-11)16-9(3)6-2/h2,8-9H,5,7H2,1,3-4H3,(H,13,14,15). The van der Waals surface area contributed by atoms with Crippen molar-refractivity contribution in [3.05, 3.63) is 11.9 Å². The Morgan fingerprint density at radius 1 is 1.56 bits per heavy atom. The number of ether oxygens (including phenoxy) is 1. The van der Waals surface area contributed by atoms with Gasteiger partial charge in [0.05, 0.1) is 5.56 Å². The van der Waals surface area contributed by atoms with Gasteiger partial charge < -0.3 is 10.1 Å². The van der Waals surface area contributed by atoms with Gasteiger partial charge in [-0.3, -0.25) is 0 Å². The zero-order valence-electron chi connectivity index (χ0n) is 9.95. The molecule has 0 bridgehead atoms. The van der Waals surface area contributed by atoms with Crippen LogP contribution in [0.2, 0.25) is 0 Å². The van der Waals surface area contributed by atoms with Crippen molar-refractivity contribution in [2.24, 2.45) is 0 Å². The molecule has 0 aromatic carbocycles. The van der Waals surface area contributed by atoms with Crippen LogP contribution in [0.1, 0.15) is 25.8 Å². The van der Waals surface area contributed by atoms with Gasteiger partial charge in [-0.15, -0.1) is 6.42 Å². The summed E-state index contributed by atoms with van der Waals surface area (Å²) in [6, 6.07) is 0. The Kier molecular flexibility index (Phi) is 4.59. The van der Waals surface area contributed by atoms with Crippen LogP contribution >= 0.6 is 0 Å². The molecule has 0 aliphatic heterocycles. The first-order valence-electron chi connectivity index (χ1n) is 5.37. The fraction of sp³-hybridized carbons (Fsp3) is 0.500. The second-order valence-electron chi connectivity index (χ2n) is 3.51. The van der Waals surface area contributed by atoms with Gasteiger partial charge in [-0.25, -0.2) is 9.97 Å². The van der Waals surface area contributed by atoms with E-state index in [-0.39, 0.29) is 6.10 Å². The van der Waals surface area contributed by atoms with Crippen molar-refractivity contribution < 1.29 is 4.74 Å². The average molecular weight is 219 g/mol. The zero-order chi connectivity index (χ0) is 12.0. The lowest BCUT2D eigenvalue weighted by Gasteiger charge is -2.13. The molecule has 0 aliphatic rings. The predicted octanol–water partition coefficient (Wildman–Crippen LogP) is 2.01. The summed E-state index contributed by atoms with van der Waals surface area (Å²) in [6.07, 6.45) is 7.49. The summed E-state index contributed by atoms with van der Waals surface area (Å²) in [5.41, 5.74) is 0.887. The molecule has 1 heterocycles. The maximum Gasteiger partial charge on any atom is 0.222 e. The molecule has 16 heavy (non-hydrogen) atoms. The van der Waals surface area contributed by atoms with Crippen molar-refractivity contribution in [1.29, 1.82) is 0 Å². The molecule has 0 saturated carbocycles. The molecule has 1 N–H and O–H groups in total. The molecule has 1 rings (SSSR count). The quantitative estimate of drug-likeness (QED) is 0.769. The van der Waals surface area contributed by atoms with Crippen LogP contribution < -0.4 is 10.1 Å². The van der Waals surface area contributed by atoms with E-state index < -0.39 is 0 Å². The summed E-state index contributed by atoms with van der Waals surface area (Å²) in [7, 11) is 0. The van der Waals surface area contributed by atoms with Gasteiger partial charge in [0.2, 0.25) is 5.88 Å². The van der Waals surface area contributed by atoms with Crippen molar-refractivity contribution >= 4 is 5.82 Å². The van der Waals surface area contributed by atoms with Gasteiger partial charge in [0.25, 0.3) is 0 Å². The molecule has 4 nitrogen and oxygen atoms in total. The van der Waals surface area contributed by atoms with Crippen LogP contribution in [-0.4, -0.2) is 22.6 Å². The lowest BCUT2D eigenvalue weighted by Crippen LogP contribution is -2.12. The van der Waals surface area contributed by atoms with E-state index in [0.29, 0.717) is 5.88 Å². The molecule has 0 saturated heterocycles. The summed E-state index contributed by atoms with van der Waals surface area (Å²) in [5, 5.41) is 3.21. The second kappa shape index (κ2) is 5.96. The van der Waals surface area contributed by atoms with E-state index in [1.165, 1.54) is 6.33 Å². The summed E-state index contributed by atoms with van der Waals surface area (Å²) in [6.45, 7) is 6.70. The van der Waals surface area contributed by atoms with Crippen molar-refractivity contribution in [3.8, 4) is 18.2 Å². The van der Waals surface area contributed by atoms with E-state index in [1.807, 2.05) is 6.92 Å². The molecule has 0 aliphatic carbocycles. The number of nitrogens with one attached hydrogen (secondary N) is 1. The van der Waals surface area contributed by atoms with Crippen LogP contribution in [0.15, 0.2) is 6.33 Å². The fourth-order valence-corrected chi connectivity index (χ4v) is 1.18. The van der Waals surface area contributed by atoms with Crippen molar-refractivity contribution in [2.75, 3.05) is 11.9 Å². The molecule has 0 amide bonds. The van der Waals surface area contributed by atoms with E-state index >= 15 is 0 Å². The molecule has 1 aromatic heterocycles. The van der Waals surface area contributed by atoms with Gasteiger partial charge in [-0.05, 0) is 20.3 Å². The summed E-state index contributed by atoms with van der Waals surface area (Å²) >= 11 is 0. The number of rotatable bonds is 5. The smallest absolute Gasteiger partial charge is 0.222 e. The van der Waals surface area contributed by atoms with Gasteiger partial charge in [0.15, 0.2) is 6.10 Å². The summed E-state index contributed by atoms with van der Waals surface area (Å²) in [4.78, 5) is 8.22. The highest BCUT2D eigenvalue weighted by Gasteiger charge is 2.09. The Morgan fingerprint density at radius 2 is 2.31 bits per heavy atom. The van der Waals surface area contributed by atoms with Gasteiger partial charge in [-0.1, -0.05) is 12.8 Å². The Bertz CT molecular complexity index is 384. The minimum absolute atomic E-state index is 0.285. The van der Waals surface area contributed by atoms with E-state index in [0.717, 1.165) is 24.3 Å². The number of nitrogens with zero attached hydrogens (tertiary/aromatic N) is 2. The predicted molar refractivity (Wildman–Crippen MR) is 64.5 cm³/mol. The topological polar surface area (TPSA) is 47.0 Å². The third kappa shape index (κ3) is 3.13. The molecule has 0 radical (unpaired) electrons. The Hall–Kier alpha value is -1.76. The first-order valence-corrected chi connectivity index (χ1v) is 5.37. The Morgan fingerprint density at radius 3 is 2.94 bits per heavy atom. The fourth-order valence-electron chi connectivity index (χ4n) is 1.18. The molecule has 1 aromatic rings. The monoisotopic (exact) mass is 219 g/mol. The molecule has 0 spiro atoms. The molecule has 1 unspecified atom stereocenters. The molecule has 4 heteroatoms. The molecular formula is C12H17N3O. The van der Waals surface area contributed by atoms with Crippen LogP contribution in [0.5, 0.6) is 5.88 Å². The van der Waals surface area contributed by atoms with E-state index in [2.05, 4.69) is 28.1 Å². The number of anilines is 1. The first-order chi connectivity index (χ1) is 7.69. The minimum Gasteiger partial charge on any atom is -0.461 e. The minimum atomic E-state index is -0.285. The highest BCUT2D eigenvalue weighted by atomic mass is 16.5. The van der Waals surface area contributed by atoms with Crippen molar-refractivity contribution in [2.45, 2.75) is 33.3 Å². The Balaban J connectivity index is 2.82. The number of hydrogen-bond acceptors (Lipinski definition) is 4. The van der Waals surface area contributed by atoms with Crippen LogP contribution in [-0.2, 0) is 0 Å². The van der Waals surface area contributed by atoms with Gasteiger partial charge in [0.1, 0.15) is 12.1 Å². The van der Waals surface area contributed by atoms with Crippen molar-refractivity contribution in [3.63, 3.8) is 0 Å². The summed E-state index contributed by atoms with van der Waals surface area (Å²) < 4.78 is 5.49. The third-order valence-electron chi connectivity index (χ3n) is 2.10.